The Balaban J connectivity index is 1.81. The number of carbonyl (C=O) groups excluding carboxylic acids is 1. The predicted molar refractivity (Wildman–Crippen MR) is 129 cm³/mol. The van der Waals surface area contributed by atoms with Gasteiger partial charge in [-0.3, -0.25) is 4.79 Å². The number of rotatable bonds is 8. The van der Waals surface area contributed by atoms with Gasteiger partial charge in [0.2, 0.25) is 15.9 Å². The molecule has 1 N–H and O–H groups in total. The van der Waals surface area contributed by atoms with Crippen molar-refractivity contribution >= 4 is 47.8 Å². The van der Waals surface area contributed by atoms with Gasteiger partial charge in [0.25, 0.3) is 0 Å². The van der Waals surface area contributed by atoms with Crippen LogP contribution in [-0.2, 0) is 21.4 Å². The van der Waals surface area contributed by atoms with Gasteiger partial charge in [-0.15, -0.1) is 0 Å². The van der Waals surface area contributed by atoms with Crippen LogP contribution in [0.3, 0.4) is 0 Å². The molecule has 162 valence electrons. The first kappa shape index (κ1) is 23.7. The van der Waals surface area contributed by atoms with Gasteiger partial charge < -0.3 is 5.32 Å². The third-order valence-electron chi connectivity index (χ3n) is 4.72. The molecule has 0 spiro atoms. The Morgan fingerprint density at radius 3 is 2.03 bits per heavy atom. The van der Waals surface area contributed by atoms with Crippen LogP contribution in [0.25, 0.3) is 0 Å². The number of amides is 1. The summed E-state index contributed by atoms with van der Waals surface area (Å²) in [7, 11) is -3.86. The van der Waals surface area contributed by atoms with E-state index in [1.807, 2.05) is 55.5 Å². The summed E-state index contributed by atoms with van der Waals surface area (Å²) in [5.74, 6) is -0.368. The van der Waals surface area contributed by atoms with Gasteiger partial charge >= 0.3 is 0 Å². The van der Waals surface area contributed by atoms with Crippen molar-refractivity contribution in [2.45, 2.75) is 24.4 Å². The molecule has 0 radical (unpaired) electrons. The van der Waals surface area contributed by atoms with Crippen molar-refractivity contribution in [1.82, 2.24) is 9.62 Å². The maximum Gasteiger partial charge on any atom is 0.243 e. The van der Waals surface area contributed by atoms with Crippen LogP contribution in [0.15, 0.2) is 92.7 Å². The first-order chi connectivity index (χ1) is 14.8. The molecule has 0 aliphatic carbocycles. The molecule has 0 heterocycles. The lowest BCUT2D eigenvalue weighted by molar-refractivity contribution is -0.122. The van der Waals surface area contributed by atoms with E-state index in [4.69, 9.17) is 0 Å². The predicted octanol–water partition coefficient (Wildman–Crippen LogP) is 5.28. The van der Waals surface area contributed by atoms with Crippen LogP contribution < -0.4 is 5.32 Å². The van der Waals surface area contributed by atoms with Crippen LogP contribution in [0, 0.1) is 0 Å². The number of hydrogen-bond donors (Lipinski definition) is 1. The third kappa shape index (κ3) is 6.49. The summed E-state index contributed by atoms with van der Waals surface area (Å²) in [5, 5.41) is 2.90. The minimum Gasteiger partial charge on any atom is -0.348 e. The fourth-order valence-electron chi connectivity index (χ4n) is 3.04. The minimum atomic E-state index is -3.86. The highest BCUT2D eigenvalue weighted by molar-refractivity contribution is 9.10. The lowest BCUT2D eigenvalue weighted by atomic mass is 10.1. The largest absolute Gasteiger partial charge is 0.348 e. The van der Waals surface area contributed by atoms with Gasteiger partial charge in [0.15, 0.2) is 0 Å². The van der Waals surface area contributed by atoms with Crippen molar-refractivity contribution in [3.05, 3.63) is 98.9 Å². The number of nitrogens with one attached hydrogen (secondary N) is 1. The van der Waals surface area contributed by atoms with Gasteiger partial charge in [-0.05, 0) is 54.4 Å². The quantitative estimate of drug-likeness (QED) is 0.404. The molecule has 0 fully saturated rings. The molecule has 0 aliphatic heterocycles. The van der Waals surface area contributed by atoms with E-state index in [0.29, 0.717) is 0 Å². The molecule has 1 unspecified atom stereocenters. The summed E-state index contributed by atoms with van der Waals surface area (Å²) >= 11 is 6.78. The van der Waals surface area contributed by atoms with Crippen molar-refractivity contribution < 1.29 is 13.2 Å². The highest BCUT2D eigenvalue weighted by atomic mass is 79.9. The highest BCUT2D eigenvalue weighted by Crippen LogP contribution is 2.20. The molecular weight excluding hydrogens is 544 g/mol. The molecule has 5 nitrogen and oxygen atoms in total. The van der Waals surface area contributed by atoms with Crippen molar-refractivity contribution in [3.63, 3.8) is 0 Å². The molecule has 0 saturated carbocycles. The Bertz CT molecular complexity index is 1120. The SMILES string of the molecule is CC(NC(=O)CN(Cc1ccc(Br)cc1)S(=O)(=O)c1ccccc1)c1ccc(Br)cc1. The van der Waals surface area contributed by atoms with Crippen LogP contribution in [0.4, 0.5) is 0 Å². The molecule has 3 aromatic rings. The molecule has 1 atom stereocenters. The lowest BCUT2D eigenvalue weighted by Crippen LogP contribution is -2.41. The normalized spacial score (nSPS) is 12.5. The Morgan fingerprint density at radius 1 is 0.903 bits per heavy atom. The van der Waals surface area contributed by atoms with Gasteiger partial charge in [-0.25, -0.2) is 8.42 Å². The van der Waals surface area contributed by atoms with Crippen molar-refractivity contribution in [2.24, 2.45) is 0 Å². The van der Waals surface area contributed by atoms with E-state index in [1.165, 1.54) is 16.4 Å². The maximum absolute atomic E-state index is 13.3. The molecule has 8 heteroatoms. The van der Waals surface area contributed by atoms with Gasteiger partial charge in [0.05, 0.1) is 17.5 Å². The third-order valence-corrected chi connectivity index (χ3v) is 7.58. The lowest BCUT2D eigenvalue weighted by Gasteiger charge is -2.23. The zero-order valence-electron chi connectivity index (χ0n) is 16.8. The molecule has 1 amide bonds. The minimum absolute atomic E-state index is 0.0879. The summed E-state index contributed by atoms with van der Waals surface area (Å²) < 4.78 is 29.6. The van der Waals surface area contributed by atoms with E-state index in [-0.39, 0.29) is 29.9 Å². The van der Waals surface area contributed by atoms with E-state index in [1.54, 1.807) is 18.2 Å². The summed E-state index contributed by atoms with van der Waals surface area (Å²) in [5.41, 5.74) is 1.72. The highest BCUT2D eigenvalue weighted by Gasteiger charge is 2.27. The van der Waals surface area contributed by atoms with Crippen LogP contribution in [0.5, 0.6) is 0 Å². The van der Waals surface area contributed by atoms with Crippen molar-refractivity contribution in [2.75, 3.05) is 6.54 Å². The van der Waals surface area contributed by atoms with Crippen molar-refractivity contribution in [1.29, 1.82) is 0 Å². The Hall–Kier alpha value is -2.00. The maximum atomic E-state index is 13.3. The summed E-state index contributed by atoms with van der Waals surface area (Å²) in [6, 6.07) is 22.9. The Kier molecular flexibility index (Phi) is 8.05. The number of carbonyl (C=O) groups is 1. The standard InChI is InChI=1S/C23H22Br2N2O3S/c1-17(19-9-13-21(25)14-10-19)26-23(28)16-27(15-18-7-11-20(24)12-8-18)31(29,30)22-5-3-2-4-6-22/h2-14,17H,15-16H2,1H3,(H,26,28). The van der Waals surface area contributed by atoms with E-state index >= 15 is 0 Å². The molecule has 0 aliphatic rings. The Labute approximate surface area is 199 Å². The van der Waals surface area contributed by atoms with Crippen LogP contribution in [0.2, 0.25) is 0 Å². The van der Waals surface area contributed by atoms with Gasteiger partial charge in [-0.1, -0.05) is 74.3 Å². The number of halogens is 2. The number of benzene rings is 3. The van der Waals surface area contributed by atoms with Gasteiger partial charge in [-0.2, -0.15) is 4.31 Å². The average Bonchev–Trinajstić information content (AvgIpc) is 2.75. The van der Waals surface area contributed by atoms with E-state index in [9.17, 15) is 13.2 Å². The topological polar surface area (TPSA) is 66.5 Å². The first-order valence-electron chi connectivity index (χ1n) is 9.60. The molecule has 3 aromatic carbocycles. The molecule has 0 aromatic heterocycles. The second kappa shape index (κ2) is 10.5. The van der Waals surface area contributed by atoms with E-state index in [0.717, 1.165) is 20.1 Å². The summed E-state index contributed by atoms with van der Waals surface area (Å²) in [6.07, 6.45) is 0. The smallest absolute Gasteiger partial charge is 0.243 e. The zero-order valence-corrected chi connectivity index (χ0v) is 20.8. The second-order valence-corrected chi connectivity index (χ2v) is 10.8. The average molecular weight is 566 g/mol. The summed E-state index contributed by atoms with van der Waals surface area (Å²) in [4.78, 5) is 12.9. The molecule has 31 heavy (non-hydrogen) atoms. The van der Waals surface area contributed by atoms with Crippen LogP contribution in [-0.4, -0.2) is 25.2 Å². The van der Waals surface area contributed by atoms with Crippen LogP contribution in [0.1, 0.15) is 24.1 Å². The Morgan fingerprint density at radius 2 is 1.45 bits per heavy atom. The van der Waals surface area contributed by atoms with Gasteiger partial charge in [0, 0.05) is 15.5 Å². The monoisotopic (exact) mass is 564 g/mol. The second-order valence-electron chi connectivity index (χ2n) is 7.05. The van der Waals surface area contributed by atoms with E-state index in [2.05, 4.69) is 37.2 Å². The van der Waals surface area contributed by atoms with E-state index < -0.39 is 10.0 Å². The fourth-order valence-corrected chi connectivity index (χ4v) is 4.98. The fraction of sp³-hybridized carbons (Fsp3) is 0.174. The molecule has 0 saturated heterocycles. The first-order valence-corrected chi connectivity index (χ1v) is 12.6. The number of sulfonamides is 1. The van der Waals surface area contributed by atoms with Crippen LogP contribution >= 0.6 is 31.9 Å². The molecular formula is C23H22Br2N2O3S. The number of nitrogens with zero attached hydrogens (tertiary/aromatic N) is 1. The molecule has 3 rings (SSSR count). The molecule has 0 bridgehead atoms. The van der Waals surface area contributed by atoms with Gasteiger partial charge in [0.1, 0.15) is 0 Å². The number of hydrogen-bond acceptors (Lipinski definition) is 3. The zero-order chi connectivity index (χ0) is 22.4. The summed E-state index contributed by atoms with van der Waals surface area (Å²) in [6.45, 7) is 1.67. The van der Waals surface area contributed by atoms with Crippen molar-refractivity contribution in [3.8, 4) is 0 Å².